The molecule has 5 heteroatoms. The predicted molar refractivity (Wildman–Crippen MR) is 71.8 cm³/mol. The summed E-state index contributed by atoms with van der Waals surface area (Å²) in [6, 6.07) is 5.11. The van der Waals surface area contributed by atoms with E-state index < -0.39 is 0 Å². The van der Waals surface area contributed by atoms with Crippen molar-refractivity contribution < 1.29 is 9.18 Å². The summed E-state index contributed by atoms with van der Waals surface area (Å²) in [5.41, 5.74) is 6.64. The quantitative estimate of drug-likeness (QED) is 0.853. The van der Waals surface area contributed by atoms with Gasteiger partial charge in [-0.1, -0.05) is 18.2 Å². The molecule has 1 amide bonds. The van der Waals surface area contributed by atoms with E-state index in [-0.39, 0.29) is 24.3 Å². The van der Waals surface area contributed by atoms with Gasteiger partial charge in [0.15, 0.2) is 0 Å². The van der Waals surface area contributed by atoms with Crippen LogP contribution < -0.4 is 11.1 Å². The molecule has 1 atom stereocenters. The van der Waals surface area contributed by atoms with Crippen LogP contribution in [-0.4, -0.2) is 30.4 Å². The number of nitrogens with zero attached hydrogens (tertiary/aromatic N) is 1. The topological polar surface area (TPSA) is 58.4 Å². The molecule has 1 saturated heterocycles. The van der Waals surface area contributed by atoms with Crippen LogP contribution in [0.5, 0.6) is 0 Å². The second kappa shape index (κ2) is 6.12. The lowest BCUT2D eigenvalue weighted by Crippen LogP contribution is -2.41. The van der Waals surface area contributed by atoms with Gasteiger partial charge in [-0.3, -0.25) is 9.69 Å². The van der Waals surface area contributed by atoms with E-state index in [4.69, 9.17) is 5.73 Å². The van der Waals surface area contributed by atoms with Crippen LogP contribution in [0.15, 0.2) is 18.2 Å². The number of carbonyl (C=O) groups is 1. The van der Waals surface area contributed by atoms with Gasteiger partial charge in [-0.05, 0) is 19.4 Å². The normalized spacial score (nSPS) is 19.6. The molecule has 0 aromatic heterocycles. The van der Waals surface area contributed by atoms with Crippen molar-refractivity contribution in [3.05, 3.63) is 35.1 Å². The smallest absolute Gasteiger partial charge is 0.237 e. The minimum atomic E-state index is -0.243. The first-order chi connectivity index (χ1) is 9.17. The highest BCUT2D eigenvalue weighted by atomic mass is 19.1. The van der Waals surface area contributed by atoms with E-state index in [2.05, 4.69) is 5.32 Å². The third-order valence-corrected chi connectivity index (χ3v) is 3.66. The molecule has 0 radical (unpaired) electrons. The third-order valence-electron chi connectivity index (χ3n) is 3.66. The van der Waals surface area contributed by atoms with Gasteiger partial charge in [0, 0.05) is 31.3 Å². The van der Waals surface area contributed by atoms with Crippen molar-refractivity contribution >= 4 is 5.91 Å². The molecule has 1 heterocycles. The van der Waals surface area contributed by atoms with Crippen LogP contribution in [0.3, 0.4) is 0 Å². The largest absolute Gasteiger partial charge is 0.358 e. The molecule has 1 fully saturated rings. The summed E-state index contributed by atoms with van der Waals surface area (Å²) in [5.74, 6) is -0.236. The number of hydrogen-bond donors (Lipinski definition) is 2. The molecule has 1 aromatic carbocycles. The Hall–Kier alpha value is -1.46. The fourth-order valence-electron chi connectivity index (χ4n) is 2.61. The Morgan fingerprint density at radius 1 is 1.53 bits per heavy atom. The molecule has 0 bridgehead atoms. The Morgan fingerprint density at radius 3 is 2.95 bits per heavy atom. The van der Waals surface area contributed by atoms with E-state index in [9.17, 15) is 9.18 Å². The number of amides is 1. The van der Waals surface area contributed by atoms with Crippen molar-refractivity contribution in [3.63, 3.8) is 0 Å². The highest BCUT2D eigenvalue weighted by Gasteiger charge is 2.30. The second-order valence-electron chi connectivity index (χ2n) is 4.84. The lowest BCUT2D eigenvalue weighted by molar-refractivity contribution is -0.125. The van der Waals surface area contributed by atoms with Crippen molar-refractivity contribution in [2.45, 2.75) is 32.0 Å². The number of rotatable bonds is 4. The number of carbonyl (C=O) groups excluding carboxylic acids is 1. The maximum absolute atomic E-state index is 14.1. The zero-order valence-corrected chi connectivity index (χ0v) is 11.2. The maximum atomic E-state index is 14.1. The Labute approximate surface area is 112 Å². The summed E-state index contributed by atoms with van der Waals surface area (Å²) in [4.78, 5) is 13.8. The summed E-state index contributed by atoms with van der Waals surface area (Å²) >= 11 is 0. The van der Waals surface area contributed by atoms with Crippen molar-refractivity contribution in [2.24, 2.45) is 5.73 Å². The molecule has 0 saturated carbocycles. The number of hydrogen-bond acceptors (Lipinski definition) is 3. The first-order valence-corrected chi connectivity index (χ1v) is 6.59. The summed E-state index contributed by atoms with van der Waals surface area (Å²) in [6.45, 7) is 1.47. The van der Waals surface area contributed by atoms with Crippen LogP contribution in [0.1, 0.15) is 24.0 Å². The van der Waals surface area contributed by atoms with E-state index in [1.54, 1.807) is 19.2 Å². The molecule has 0 spiro atoms. The van der Waals surface area contributed by atoms with Crippen molar-refractivity contribution in [1.82, 2.24) is 10.2 Å². The first kappa shape index (κ1) is 14.0. The number of benzene rings is 1. The van der Waals surface area contributed by atoms with Gasteiger partial charge < -0.3 is 11.1 Å². The monoisotopic (exact) mass is 265 g/mol. The fourth-order valence-corrected chi connectivity index (χ4v) is 2.61. The van der Waals surface area contributed by atoms with Gasteiger partial charge in [0.1, 0.15) is 5.82 Å². The summed E-state index contributed by atoms with van der Waals surface area (Å²) in [5, 5.41) is 2.67. The SMILES string of the molecule is CNC(=O)C1CCCN1Cc1cccc(CN)c1F. The summed E-state index contributed by atoms with van der Waals surface area (Å²) in [7, 11) is 1.63. The zero-order valence-electron chi connectivity index (χ0n) is 11.2. The van der Waals surface area contributed by atoms with Crippen LogP contribution in [0.4, 0.5) is 4.39 Å². The van der Waals surface area contributed by atoms with Gasteiger partial charge in [-0.15, -0.1) is 0 Å². The Bertz CT molecular complexity index is 464. The van der Waals surface area contributed by atoms with Gasteiger partial charge in [0.25, 0.3) is 0 Å². The summed E-state index contributed by atoms with van der Waals surface area (Å²) < 4.78 is 14.1. The molecule has 4 nitrogen and oxygen atoms in total. The van der Waals surface area contributed by atoms with E-state index in [0.29, 0.717) is 17.7 Å². The van der Waals surface area contributed by atoms with Gasteiger partial charge in [-0.25, -0.2) is 4.39 Å². The Kier molecular flexibility index (Phi) is 4.50. The molecule has 3 N–H and O–H groups in total. The minimum Gasteiger partial charge on any atom is -0.358 e. The van der Waals surface area contributed by atoms with Crippen LogP contribution >= 0.6 is 0 Å². The number of nitrogens with two attached hydrogens (primary N) is 1. The second-order valence-corrected chi connectivity index (χ2v) is 4.84. The van der Waals surface area contributed by atoms with Gasteiger partial charge in [-0.2, -0.15) is 0 Å². The molecular weight excluding hydrogens is 245 g/mol. The molecule has 1 aliphatic rings. The van der Waals surface area contributed by atoms with Gasteiger partial charge in [0.05, 0.1) is 6.04 Å². The molecule has 2 rings (SSSR count). The number of nitrogens with one attached hydrogen (secondary N) is 1. The van der Waals surface area contributed by atoms with Gasteiger partial charge >= 0.3 is 0 Å². The average molecular weight is 265 g/mol. The van der Waals surface area contributed by atoms with E-state index >= 15 is 0 Å². The molecule has 1 unspecified atom stereocenters. The van der Waals surface area contributed by atoms with Crippen molar-refractivity contribution in [1.29, 1.82) is 0 Å². The molecule has 19 heavy (non-hydrogen) atoms. The summed E-state index contributed by atoms with van der Waals surface area (Å²) in [6.07, 6.45) is 1.80. The van der Waals surface area contributed by atoms with Crippen molar-refractivity contribution in [2.75, 3.05) is 13.6 Å². The lowest BCUT2D eigenvalue weighted by atomic mass is 10.1. The highest BCUT2D eigenvalue weighted by molar-refractivity contribution is 5.81. The molecule has 1 aliphatic heterocycles. The molecular formula is C14H20FN3O. The zero-order chi connectivity index (χ0) is 13.8. The third kappa shape index (κ3) is 2.93. The lowest BCUT2D eigenvalue weighted by Gasteiger charge is -2.23. The first-order valence-electron chi connectivity index (χ1n) is 6.59. The Morgan fingerprint density at radius 2 is 2.26 bits per heavy atom. The molecule has 1 aromatic rings. The highest BCUT2D eigenvalue weighted by Crippen LogP contribution is 2.22. The van der Waals surface area contributed by atoms with Crippen LogP contribution in [-0.2, 0) is 17.9 Å². The maximum Gasteiger partial charge on any atom is 0.237 e. The molecule has 104 valence electrons. The van der Waals surface area contributed by atoms with E-state index in [1.807, 2.05) is 11.0 Å². The van der Waals surface area contributed by atoms with Crippen LogP contribution in [0.2, 0.25) is 0 Å². The average Bonchev–Trinajstić information content (AvgIpc) is 2.88. The number of likely N-dealkylation sites (N-methyl/N-ethyl adjacent to an activating group) is 1. The standard InChI is InChI=1S/C14H20FN3O/c1-17-14(19)12-6-3-7-18(12)9-11-5-2-4-10(8-16)13(11)15/h2,4-5,12H,3,6-9,16H2,1H3,(H,17,19). The van der Waals surface area contributed by atoms with E-state index in [1.165, 1.54) is 0 Å². The fraction of sp³-hybridized carbons (Fsp3) is 0.500. The minimum absolute atomic E-state index is 0.00730. The van der Waals surface area contributed by atoms with Crippen LogP contribution in [0.25, 0.3) is 0 Å². The molecule has 0 aliphatic carbocycles. The Balaban J connectivity index is 2.14. The van der Waals surface area contributed by atoms with E-state index in [0.717, 1.165) is 19.4 Å². The van der Waals surface area contributed by atoms with Crippen LogP contribution in [0, 0.1) is 5.82 Å². The number of halogens is 1. The number of likely N-dealkylation sites (tertiary alicyclic amines) is 1. The van der Waals surface area contributed by atoms with Gasteiger partial charge in [0.2, 0.25) is 5.91 Å². The predicted octanol–water partition coefficient (Wildman–Crippen LogP) is 0.995. The van der Waals surface area contributed by atoms with Crippen molar-refractivity contribution in [3.8, 4) is 0 Å².